The van der Waals surface area contributed by atoms with Gasteiger partial charge in [-0.05, 0) is 35.7 Å². The van der Waals surface area contributed by atoms with Crippen molar-refractivity contribution in [3.8, 4) is 0 Å². The summed E-state index contributed by atoms with van der Waals surface area (Å²) in [4.78, 5) is 13.5. The van der Waals surface area contributed by atoms with Crippen LogP contribution in [0.4, 0.5) is 17.6 Å². The Hall–Kier alpha value is -2.46. The maximum Gasteiger partial charge on any atom is 0.416 e. The first kappa shape index (κ1) is 23.8. The van der Waals surface area contributed by atoms with Crippen molar-refractivity contribution >= 4 is 15.9 Å². The lowest BCUT2D eigenvalue weighted by atomic mass is 10.0. The molecule has 0 fully saturated rings. The third-order valence-electron chi connectivity index (χ3n) is 4.42. The van der Waals surface area contributed by atoms with Gasteiger partial charge in [0.2, 0.25) is 15.9 Å². The van der Waals surface area contributed by atoms with Crippen LogP contribution in [-0.2, 0) is 27.5 Å². The van der Waals surface area contributed by atoms with Crippen molar-refractivity contribution in [3.05, 3.63) is 65.5 Å². The minimum absolute atomic E-state index is 0.0262. The fourth-order valence-corrected chi connectivity index (χ4v) is 4.17. The number of rotatable bonds is 7. The van der Waals surface area contributed by atoms with Crippen molar-refractivity contribution in [3.63, 3.8) is 0 Å². The van der Waals surface area contributed by atoms with Crippen LogP contribution in [0.2, 0.25) is 0 Å². The summed E-state index contributed by atoms with van der Waals surface area (Å²) in [5.41, 5.74) is -0.365. The van der Waals surface area contributed by atoms with E-state index in [-0.39, 0.29) is 6.54 Å². The molecule has 5 nitrogen and oxygen atoms in total. The quantitative estimate of drug-likeness (QED) is 0.658. The zero-order valence-corrected chi connectivity index (χ0v) is 17.4. The maximum atomic E-state index is 13.9. The summed E-state index contributed by atoms with van der Waals surface area (Å²) in [5.74, 6) is -2.00. The topological polar surface area (TPSA) is 66.5 Å². The average molecular weight is 446 g/mol. The van der Waals surface area contributed by atoms with E-state index in [0.717, 1.165) is 24.3 Å². The molecule has 1 atom stereocenters. The number of hydrogen-bond acceptors (Lipinski definition) is 3. The number of alkyl halides is 3. The van der Waals surface area contributed by atoms with Crippen molar-refractivity contribution in [1.82, 2.24) is 9.62 Å². The van der Waals surface area contributed by atoms with Gasteiger partial charge in [0.25, 0.3) is 0 Å². The summed E-state index contributed by atoms with van der Waals surface area (Å²) in [7, 11) is -2.90. The molecule has 10 heteroatoms. The van der Waals surface area contributed by atoms with Crippen LogP contribution in [0.5, 0.6) is 0 Å². The van der Waals surface area contributed by atoms with Crippen LogP contribution in [0, 0.1) is 11.7 Å². The SMILES string of the molecule is CC(C)C(NS(=O)(=O)c1ccccc1F)C(=O)N(C)Cc1ccc(C(F)(F)F)cc1. The Balaban J connectivity index is 2.17. The highest BCUT2D eigenvalue weighted by Crippen LogP contribution is 2.29. The molecule has 0 aromatic heterocycles. The van der Waals surface area contributed by atoms with Crippen molar-refractivity contribution in [2.75, 3.05) is 7.05 Å². The Morgan fingerprint density at radius 2 is 1.63 bits per heavy atom. The summed E-state index contributed by atoms with van der Waals surface area (Å²) in [6, 6.07) is 7.93. The molecule has 0 aliphatic carbocycles. The number of amides is 1. The molecule has 2 rings (SSSR count). The molecular weight excluding hydrogens is 424 g/mol. The molecule has 1 amide bonds. The maximum absolute atomic E-state index is 13.9. The number of halogens is 4. The zero-order valence-electron chi connectivity index (χ0n) is 16.6. The van der Waals surface area contributed by atoms with Crippen LogP contribution in [0.3, 0.4) is 0 Å². The lowest BCUT2D eigenvalue weighted by Crippen LogP contribution is -2.50. The summed E-state index contributed by atoms with van der Waals surface area (Å²) in [5, 5.41) is 0. The molecule has 0 bridgehead atoms. The first-order valence-corrected chi connectivity index (χ1v) is 10.5. The van der Waals surface area contributed by atoms with E-state index in [2.05, 4.69) is 4.72 Å². The van der Waals surface area contributed by atoms with E-state index in [1.165, 1.54) is 36.2 Å². The third-order valence-corrected chi connectivity index (χ3v) is 5.89. The van der Waals surface area contributed by atoms with Crippen molar-refractivity contribution in [2.24, 2.45) is 5.92 Å². The average Bonchev–Trinajstić information content (AvgIpc) is 2.65. The highest BCUT2D eigenvalue weighted by molar-refractivity contribution is 7.89. The summed E-state index contributed by atoms with van der Waals surface area (Å²) >= 11 is 0. The number of benzene rings is 2. The van der Waals surface area contributed by atoms with Crippen LogP contribution >= 0.6 is 0 Å². The van der Waals surface area contributed by atoms with Gasteiger partial charge in [-0.15, -0.1) is 0 Å². The van der Waals surface area contributed by atoms with E-state index in [1.54, 1.807) is 13.8 Å². The van der Waals surface area contributed by atoms with Crippen molar-refractivity contribution in [1.29, 1.82) is 0 Å². The normalized spacial score (nSPS) is 13.3. The number of nitrogens with one attached hydrogen (secondary N) is 1. The monoisotopic (exact) mass is 446 g/mol. The van der Waals surface area contributed by atoms with E-state index in [4.69, 9.17) is 0 Å². The molecule has 0 saturated heterocycles. The van der Waals surface area contributed by atoms with Crippen LogP contribution in [-0.4, -0.2) is 32.3 Å². The van der Waals surface area contributed by atoms with Gasteiger partial charge in [-0.2, -0.15) is 17.9 Å². The van der Waals surface area contributed by atoms with Crippen LogP contribution in [0.15, 0.2) is 53.4 Å². The highest BCUT2D eigenvalue weighted by Gasteiger charge is 2.32. The van der Waals surface area contributed by atoms with Crippen molar-refractivity contribution < 1.29 is 30.8 Å². The Bertz CT molecular complexity index is 990. The van der Waals surface area contributed by atoms with Gasteiger partial charge in [0.05, 0.1) is 5.56 Å². The molecule has 164 valence electrons. The van der Waals surface area contributed by atoms with Crippen LogP contribution in [0.1, 0.15) is 25.0 Å². The smallest absolute Gasteiger partial charge is 0.340 e. The van der Waals surface area contributed by atoms with Gasteiger partial charge in [0.1, 0.15) is 16.8 Å². The Morgan fingerprint density at radius 1 is 1.07 bits per heavy atom. The molecule has 0 spiro atoms. The largest absolute Gasteiger partial charge is 0.416 e. The molecule has 0 radical (unpaired) electrons. The van der Waals surface area contributed by atoms with Crippen LogP contribution < -0.4 is 4.72 Å². The van der Waals surface area contributed by atoms with Gasteiger partial charge in [0.15, 0.2) is 0 Å². The number of sulfonamides is 1. The second kappa shape index (κ2) is 9.13. The van der Waals surface area contributed by atoms with Gasteiger partial charge < -0.3 is 4.90 Å². The molecular formula is C20H22F4N2O3S. The lowest BCUT2D eigenvalue weighted by Gasteiger charge is -2.27. The predicted octanol–water partition coefficient (Wildman–Crippen LogP) is 3.81. The molecule has 1 unspecified atom stereocenters. The van der Waals surface area contributed by atoms with E-state index >= 15 is 0 Å². The minimum atomic E-state index is -4.46. The third kappa shape index (κ3) is 5.79. The number of likely N-dealkylation sites (N-methyl/N-ethyl adjacent to an activating group) is 1. The first-order chi connectivity index (χ1) is 13.8. The molecule has 0 aliphatic rings. The predicted molar refractivity (Wildman–Crippen MR) is 103 cm³/mol. The fraction of sp³-hybridized carbons (Fsp3) is 0.350. The van der Waals surface area contributed by atoms with Gasteiger partial charge in [0, 0.05) is 13.6 Å². The second-order valence-corrected chi connectivity index (χ2v) is 8.84. The van der Waals surface area contributed by atoms with Gasteiger partial charge in [-0.25, -0.2) is 12.8 Å². The molecule has 2 aromatic carbocycles. The summed E-state index contributed by atoms with van der Waals surface area (Å²) < 4.78 is 79.3. The van der Waals surface area contributed by atoms with E-state index in [1.807, 2.05) is 0 Å². The molecule has 2 aromatic rings. The summed E-state index contributed by atoms with van der Waals surface area (Å²) in [6.45, 7) is 3.22. The zero-order chi connectivity index (χ0) is 22.7. The van der Waals surface area contributed by atoms with E-state index < -0.39 is 50.3 Å². The molecule has 0 heterocycles. The molecule has 30 heavy (non-hydrogen) atoms. The van der Waals surface area contributed by atoms with E-state index in [9.17, 15) is 30.8 Å². The standard InChI is InChI=1S/C20H22F4N2O3S/c1-13(2)18(25-30(28,29)17-7-5-4-6-16(17)21)19(27)26(3)12-14-8-10-15(11-9-14)20(22,23)24/h4-11,13,18,25H,12H2,1-3H3. The van der Waals surface area contributed by atoms with Crippen molar-refractivity contribution in [2.45, 2.75) is 37.5 Å². The van der Waals surface area contributed by atoms with E-state index in [0.29, 0.717) is 5.56 Å². The lowest BCUT2D eigenvalue weighted by molar-refractivity contribution is -0.137. The molecule has 0 aliphatic heterocycles. The number of carbonyl (C=O) groups is 1. The number of carbonyl (C=O) groups excluding carboxylic acids is 1. The fourth-order valence-electron chi connectivity index (χ4n) is 2.75. The summed E-state index contributed by atoms with van der Waals surface area (Å²) in [6.07, 6.45) is -4.46. The Morgan fingerprint density at radius 3 is 2.13 bits per heavy atom. The number of hydrogen-bond donors (Lipinski definition) is 1. The highest BCUT2D eigenvalue weighted by atomic mass is 32.2. The van der Waals surface area contributed by atoms with Gasteiger partial charge >= 0.3 is 6.18 Å². The van der Waals surface area contributed by atoms with Gasteiger partial charge in [-0.1, -0.05) is 38.1 Å². The van der Waals surface area contributed by atoms with Gasteiger partial charge in [-0.3, -0.25) is 4.79 Å². The number of nitrogens with zero attached hydrogens (tertiary/aromatic N) is 1. The Labute approximate surface area is 172 Å². The molecule has 1 N–H and O–H groups in total. The first-order valence-electron chi connectivity index (χ1n) is 9.01. The second-order valence-electron chi connectivity index (χ2n) is 7.16. The molecule has 0 saturated carbocycles. The van der Waals surface area contributed by atoms with Crippen LogP contribution in [0.25, 0.3) is 0 Å². The Kier molecular flexibility index (Phi) is 7.25. The minimum Gasteiger partial charge on any atom is -0.340 e.